The van der Waals surface area contributed by atoms with Crippen LogP contribution in [0.1, 0.15) is 20.7 Å². The van der Waals surface area contributed by atoms with Gasteiger partial charge in [-0.2, -0.15) is 0 Å². The third-order valence-electron chi connectivity index (χ3n) is 3.21. The van der Waals surface area contributed by atoms with Crippen LogP contribution in [0.2, 0.25) is 0 Å². The highest BCUT2D eigenvalue weighted by atomic mass is 16.6. The van der Waals surface area contributed by atoms with Crippen molar-refractivity contribution in [1.29, 1.82) is 0 Å². The van der Waals surface area contributed by atoms with Crippen molar-refractivity contribution >= 4 is 23.1 Å². The average Bonchev–Trinajstić information content (AvgIpc) is 2.59. The Morgan fingerprint density at radius 2 is 1.75 bits per heavy atom. The van der Waals surface area contributed by atoms with Crippen LogP contribution in [0.15, 0.2) is 42.5 Å². The lowest BCUT2D eigenvalue weighted by atomic mass is 10.1. The molecule has 0 unspecified atom stereocenters. The molecule has 0 saturated heterocycles. The maximum Gasteiger partial charge on any atom is 0.338 e. The molecule has 0 amide bonds. The summed E-state index contributed by atoms with van der Waals surface area (Å²) in [6.07, 6.45) is 0. The second-order valence-corrected chi connectivity index (χ2v) is 4.76. The zero-order valence-corrected chi connectivity index (χ0v) is 12.7. The molecular weight excluding hydrogens is 316 g/mol. The van der Waals surface area contributed by atoms with Crippen LogP contribution < -0.4 is 10.5 Å². The molecule has 8 nitrogen and oxygen atoms in total. The zero-order valence-electron chi connectivity index (χ0n) is 12.7. The van der Waals surface area contributed by atoms with Gasteiger partial charge in [0.25, 0.3) is 5.69 Å². The molecule has 0 atom stereocenters. The molecule has 0 aromatic heterocycles. The molecule has 2 rings (SSSR count). The van der Waals surface area contributed by atoms with Gasteiger partial charge in [-0.1, -0.05) is 0 Å². The first-order valence-corrected chi connectivity index (χ1v) is 6.80. The lowest BCUT2D eigenvalue weighted by molar-refractivity contribution is -0.383. The molecule has 124 valence electrons. The summed E-state index contributed by atoms with van der Waals surface area (Å²) in [4.78, 5) is 34.0. The lowest BCUT2D eigenvalue weighted by Crippen LogP contribution is -2.14. The number of nitro benzene ring substituents is 1. The molecule has 0 fully saturated rings. The van der Waals surface area contributed by atoms with Crippen LogP contribution in [0.3, 0.4) is 0 Å². The summed E-state index contributed by atoms with van der Waals surface area (Å²) in [5.41, 5.74) is 5.29. The quantitative estimate of drug-likeness (QED) is 0.283. The van der Waals surface area contributed by atoms with Gasteiger partial charge < -0.3 is 15.2 Å². The lowest BCUT2D eigenvalue weighted by Gasteiger charge is -2.06. The van der Waals surface area contributed by atoms with Crippen molar-refractivity contribution in [2.24, 2.45) is 0 Å². The van der Waals surface area contributed by atoms with Crippen LogP contribution in [0.5, 0.6) is 5.75 Å². The normalized spacial score (nSPS) is 10.0. The van der Waals surface area contributed by atoms with Crippen molar-refractivity contribution < 1.29 is 24.0 Å². The second kappa shape index (κ2) is 7.23. The Balaban J connectivity index is 2.03. The molecule has 2 aromatic carbocycles. The van der Waals surface area contributed by atoms with Gasteiger partial charge >= 0.3 is 5.97 Å². The SMILES string of the molecule is COc1ccc(C(=O)COC(=O)c2ccc(N)c([N+](=O)[O-])c2)cc1. The van der Waals surface area contributed by atoms with E-state index in [0.29, 0.717) is 11.3 Å². The van der Waals surface area contributed by atoms with Crippen LogP contribution in [0, 0.1) is 10.1 Å². The van der Waals surface area contributed by atoms with E-state index in [9.17, 15) is 19.7 Å². The molecule has 2 N–H and O–H groups in total. The van der Waals surface area contributed by atoms with Gasteiger partial charge in [0, 0.05) is 11.6 Å². The zero-order chi connectivity index (χ0) is 17.7. The monoisotopic (exact) mass is 330 g/mol. The number of benzene rings is 2. The molecule has 0 spiro atoms. The van der Waals surface area contributed by atoms with Crippen molar-refractivity contribution in [3.05, 3.63) is 63.7 Å². The highest BCUT2D eigenvalue weighted by molar-refractivity contribution is 5.99. The van der Waals surface area contributed by atoms with E-state index in [1.165, 1.54) is 19.2 Å². The largest absolute Gasteiger partial charge is 0.497 e. The predicted molar refractivity (Wildman–Crippen MR) is 85.1 cm³/mol. The van der Waals surface area contributed by atoms with E-state index in [1.807, 2.05) is 0 Å². The average molecular weight is 330 g/mol. The van der Waals surface area contributed by atoms with Gasteiger partial charge in [0.15, 0.2) is 12.4 Å². The van der Waals surface area contributed by atoms with Crippen LogP contribution in [-0.4, -0.2) is 30.4 Å². The molecule has 0 aliphatic rings. The van der Waals surface area contributed by atoms with Crippen LogP contribution in [0.25, 0.3) is 0 Å². The van der Waals surface area contributed by atoms with E-state index in [0.717, 1.165) is 6.07 Å². The number of rotatable bonds is 6. The summed E-state index contributed by atoms with van der Waals surface area (Å²) >= 11 is 0. The van der Waals surface area contributed by atoms with E-state index in [-0.39, 0.29) is 11.3 Å². The maximum atomic E-state index is 12.0. The topological polar surface area (TPSA) is 122 Å². The number of anilines is 1. The number of nitrogens with zero attached hydrogens (tertiary/aromatic N) is 1. The number of hydrogen-bond acceptors (Lipinski definition) is 7. The molecular formula is C16H14N2O6. The van der Waals surface area contributed by atoms with Crippen molar-refractivity contribution in [1.82, 2.24) is 0 Å². The standard InChI is InChI=1S/C16H14N2O6/c1-23-12-5-2-10(3-6-12)15(19)9-24-16(20)11-4-7-13(17)14(8-11)18(21)22/h2-8H,9,17H2,1H3. The molecule has 0 saturated carbocycles. The van der Waals surface area contributed by atoms with E-state index >= 15 is 0 Å². The number of ether oxygens (including phenoxy) is 2. The molecule has 0 aliphatic carbocycles. The van der Waals surface area contributed by atoms with Crippen LogP contribution in [0.4, 0.5) is 11.4 Å². The Hall–Kier alpha value is -3.42. The minimum absolute atomic E-state index is 0.0570. The maximum absolute atomic E-state index is 12.0. The Labute approximate surface area is 136 Å². The third kappa shape index (κ3) is 3.86. The predicted octanol–water partition coefficient (Wildman–Crippen LogP) is 2.23. The summed E-state index contributed by atoms with van der Waals surface area (Å²) in [6.45, 7) is -0.483. The van der Waals surface area contributed by atoms with Crippen molar-refractivity contribution in [2.75, 3.05) is 19.5 Å². The first-order valence-electron chi connectivity index (χ1n) is 6.80. The molecule has 0 heterocycles. The first kappa shape index (κ1) is 16.9. The number of nitro groups is 1. The van der Waals surface area contributed by atoms with Gasteiger partial charge in [-0.05, 0) is 36.4 Å². The fourth-order valence-electron chi connectivity index (χ4n) is 1.90. The van der Waals surface area contributed by atoms with Gasteiger partial charge in [0.2, 0.25) is 0 Å². The van der Waals surface area contributed by atoms with E-state index in [2.05, 4.69) is 0 Å². The molecule has 0 aliphatic heterocycles. The minimum atomic E-state index is -0.847. The Morgan fingerprint density at radius 1 is 1.12 bits per heavy atom. The van der Waals surface area contributed by atoms with Gasteiger partial charge in [-0.15, -0.1) is 0 Å². The number of esters is 1. The molecule has 0 bridgehead atoms. The smallest absolute Gasteiger partial charge is 0.338 e. The number of ketones is 1. The molecule has 8 heteroatoms. The fourth-order valence-corrected chi connectivity index (χ4v) is 1.90. The number of carbonyl (C=O) groups excluding carboxylic acids is 2. The third-order valence-corrected chi connectivity index (χ3v) is 3.21. The van der Waals surface area contributed by atoms with Crippen molar-refractivity contribution in [2.45, 2.75) is 0 Å². The molecule has 0 radical (unpaired) electrons. The van der Waals surface area contributed by atoms with Crippen molar-refractivity contribution in [3.63, 3.8) is 0 Å². The summed E-state index contributed by atoms with van der Waals surface area (Å²) in [7, 11) is 1.50. The number of nitrogens with two attached hydrogens (primary N) is 1. The van der Waals surface area contributed by atoms with Gasteiger partial charge in [-0.25, -0.2) is 4.79 Å². The van der Waals surface area contributed by atoms with Gasteiger partial charge in [0.1, 0.15) is 11.4 Å². The number of carbonyl (C=O) groups is 2. The van der Waals surface area contributed by atoms with E-state index in [4.69, 9.17) is 15.2 Å². The Kier molecular flexibility index (Phi) is 5.10. The summed E-state index contributed by atoms with van der Waals surface area (Å²) < 4.78 is 9.88. The number of hydrogen-bond donors (Lipinski definition) is 1. The first-order chi connectivity index (χ1) is 11.4. The fraction of sp³-hybridized carbons (Fsp3) is 0.125. The summed E-state index contributed by atoms with van der Waals surface area (Å²) in [5, 5.41) is 10.8. The highest BCUT2D eigenvalue weighted by Crippen LogP contribution is 2.22. The Bertz CT molecular complexity index is 786. The summed E-state index contributed by atoms with van der Waals surface area (Å²) in [5.74, 6) is -0.659. The Morgan fingerprint density at radius 3 is 2.33 bits per heavy atom. The number of nitrogen functional groups attached to an aromatic ring is 1. The number of Topliss-reactive ketones (excluding diaryl/α,β-unsaturated/α-hetero) is 1. The molecule has 24 heavy (non-hydrogen) atoms. The highest BCUT2D eigenvalue weighted by Gasteiger charge is 2.17. The van der Waals surface area contributed by atoms with Gasteiger partial charge in [0.05, 0.1) is 17.6 Å². The van der Waals surface area contributed by atoms with E-state index in [1.54, 1.807) is 24.3 Å². The second-order valence-electron chi connectivity index (χ2n) is 4.76. The van der Waals surface area contributed by atoms with Crippen LogP contribution in [-0.2, 0) is 4.74 Å². The molecule has 2 aromatic rings. The summed E-state index contributed by atoms with van der Waals surface area (Å²) in [6, 6.07) is 9.85. The van der Waals surface area contributed by atoms with Gasteiger partial charge in [-0.3, -0.25) is 14.9 Å². The van der Waals surface area contributed by atoms with E-state index < -0.39 is 29.0 Å². The number of methoxy groups -OCH3 is 1. The van der Waals surface area contributed by atoms with Crippen molar-refractivity contribution in [3.8, 4) is 5.75 Å². The minimum Gasteiger partial charge on any atom is -0.497 e. The van der Waals surface area contributed by atoms with Crippen LogP contribution >= 0.6 is 0 Å².